The van der Waals surface area contributed by atoms with E-state index in [1.165, 1.54) is 4.90 Å². The minimum atomic E-state index is -0.486. The molecule has 0 unspecified atom stereocenters. The van der Waals surface area contributed by atoms with Gasteiger partial charge in [0.25, 0.3) is 0 Å². The second kappa shape index (κ2) is 3.17. The molecular formula is C10H10FNO. The van der Waals surface area contributed by atoms with Crippen LogP contribution in [0.4, 0.5) is 10.1 Å². The highest BCUT2D eigenvalue weighted by atomic mass is 19.1. The Labute approximate surface area is 76.0 Å². The van der Waals surface area contributed by atoms with Crippen molar-refractivity contribution in [3.05, 3.63) is 29.8 Å². The van der Waals surface area contributed by atoms with E-state index in [4.69, 9.17) is 0 Å². The van der Waals surface area contributed by atoms with Crippen LogP contribution in [0.5, 0.6) is 0 Å². The first-order chi connectivity index (χ1) is 6.33. The lowest BCUT2D eigenvalue weighted by Crippen LogP contribution is -2.28. The summed E-state index contributed by atoms with van der Waals surface area (Å²) in [6.07, 6.45) is 0.413. The van der Waals surface area contributed by atoms with Crippen LogP contribution in [-0.2, 0) is 11.2 Å². The zero-order valence-corrected chi connectivity index (χ0v) is 7.16. The molecule has 0 atom stereocenters. The molecule has 68 valence electrons. The molecule has 0 spiro atoms. The first kappa shape index (κ1) is 8.23. The van der Waals surface area contributed by atoms with Gasteiger partial charge in [-0.1, -0.05) is 18.2 Å². The molecule has 1 aliphatic heterocycles. The number of rotatable bonds is 2. The normalized spacial score (nSPS) is 14.8. The molecule has 1 aromatic rings. The smallest absolute Gasteiger partial charge is 0.231 e. The van der Waals surface area contributed by atoms with Crippen LogP contribution >= 0.6 is 0 Å². The molecule has 0 saturated heterocycles. The Hall–Kier alpha value is -1.38. The molecule has 0 fully saturated rings. The van der Waals surface area contributed by atoms with E-state index >= 15 is 0 Å². The number of para-hydroxylation sites is 1. The van der Waals surface area contributed by atoms with Crippen LogP contribution in [0.3, 0.4) is 0 Å². The molecular weight excluding hydrogens is 169 g/mol. The number of amides is 1. The van der Waals surface area contributed by atoms with E-state index in [0.717, 1.165) is 11.3 Å². The number of fused-ring (bicyclic) bond motifs is 1. The minimum Gasteiger partial charge on any atom is -0.309 e. The number of nitrogens with zero attached hydrogens (tertiary/aromatic N) is 1. The Kier molecular flexibility index (Phi) is 2.00. The van der Waals surface area contributed by atoms with Crippen LogP contribution in [0.25, 0.3) is 0 Å². The minimum absolute atomic E-state index is 0.00106. The number of alkyl halides is 1. The Morgan fingerprint density at radius 3 is 2.92 bits per heavy atom. The van der Waals surface area contributed by atoms with E-state index in [2.05, 4.69) is 0 Å². The average molecular weight is 179 g/mol. The zero-order chi connectivity index (χ0) is 9.26. The second-order valence-corrected chi connectivity index (χ2v) is 3.04. The average Bonchev–Trinajstić information content (AvgIpc) is 2.44. The van der Waals surface area contributed by atoms with Crippen LogP contribution in [0.15, 0.2) is 24.3 Å². The Bertz CT molecular complexity index is 337. The van der Waals surface area contributed by atoms with Crippen molar-refractivity contribution in [3.63, 3.8) is 0 Å². The molecule has 0 saturated carbocycles. The summed E-state index contributed by atoms with van der Waals surface area (Å²) < 4.78 is 12.1. The summed E-state index contributed by atoms with van der Waals surface area (Å²) in [6, 6.07) is 7.52. The molecule has 2 rings (SSSR count). The maximum atomic E-state index is 12.1. The van der Waals surface area contributed by atoms with Crippen molar-refractivity contribution >= 4 is 11.6 Å². The second-order valence-electron chi connectivity index (χ2n) is 3.04. The maximum Gasteiger partial charge on any atom is 0.231 e. The number of carbonyl (C=O) groups excluding carboxylic acids is 1. The molecule has 1 amide bonds. The van der Waals surface area contributed by atoms with Crippen molar-refractivity contribution in [1.29, 1.82) is 0 Å². The highest BCUT2D eigenvalue weighted by Crippen LogP contribution is 2.27. The van der Waals surface area contributed by atoms with Gasteiger partial charge in [0.1, 0.15) is 6.67 Å². The molecule has 0 bridgehead atoms. The largest absolute Gasteiger partial charge is 0.309 e. The van der Waals surface area contributed by atoms with Crippen LogP contribution < -0.4 is 4.90 Å². The first-order valence-corrected chi connectivity index (χ1v) is 4.27. The molecule has 0 aromatic heterocycles. The van der Waals surface area contributed by atoms with Crippen molar-refractivity contribution in [1.82, 2.24) is 0 Å². The van der Waals surface area contributed by atoms with Crippen LogP contribution in [0.1, 0.15) is 5.56 Å². The fraction of sp³-hybridized carbons (Fsp3) is 0.300. The Morgan fingerprint density at radius 2 is 2.15 bits per heavy atom. The standard InChI is InChI=1S/C10H10FNO/c11-5-6-12-9-4-2-1-3-8(9)7-10(12)13/h1-4H,5-7H2. The topological polar surface area (TPSA) is 20.3 Å². The van der Waals surface area contributed by atoms with Gasteiger partial charge in [-0.25, -0.2) is 4.39 Å². The van der Waals surface area contributed by atoms with Gasteiger partial charge in [-0.15, -0.1) is 0 Å². The number of anilines is 1. The summed E-state index contributed by atoms with van der Waals surface area (Å²) in [5, 5.41) is 0. The fourth-order valence-corrected chi connectivity index (χ4v) is 1.65. The van der Waals surface area contributed by atoms with E-state index in [1.807, 2.05) is 24.3 Å². The van der Waals surface area contributed by atoms with E-state index in [0.29, 0.717) is 6.42 Å². The highest BCUT2D eigenvalue weighted by Gasteiger charge is 2.25. The predicted molar refractivity (Wildman–Crippen MR) is 48.5 cm³/mol. The van der Waals surface area contributed by atoms with E-state index in [1.54, 1.807) is 0 Å². The Morgan fingerprint density at radius 1 is 1.38 bits per heavy atom. The third-order valence-corrected chi connectivity index (χ3v) is 2.23. The first-order valence-electron chi connectivity index (χ1n) is 4.27. The predicted octanol–water partition coefficient (Wildman–Crippen LogP) is 1.55. The molecule has 0 radical (unpaired) electrons. The van der Waals surface area contributed by atoms with Crippen molar-refractivity contribution in [2.45, 2.75) is 6.42 Å². The van der Waals surface area contributed by atoms with Crippen molar-refractivity contribution < 1.29 is 9.18 Å². The lowest BCUT2D eigenvalue weighted by molar-refractivity contribution is -0.117. The maximum absolute atomic E-state index is 12.1. The third kappa shape index (κ3) is 1.30. The summed E-state index contributed by atoms with van der Waals surface area (Å²) in [5.74, 6) is -0.00106. The molecule has 1 aromatic carbocycles. The van der Waals surface area contributed by atoms with Gasteiger partial charge >= 0.3 is 0 Å². The number of carbonyl (C=O) groups is 1. The summed E-state index contributed by atoms with van der Waals surface area (Å²) >= 11 is 0. The quantitative estimate of drug-likeness (QED) is 0.674. The molecule has 0 N–H and O–H groups in total. The summed E-state index contributed by atoms with van der Waals surface area (Å²) in [4.78, 5) is 12.9. The number of hydrogen-bond donors (Lipinski definition) is 0. The monoisotopic (exact) mass is 179 g/mol. The molecule has 1 aliphatic rings. The fourth-order valence-electron chi connectivity index (χ4n) is 1.65. The zero-order valence-electron chi connectivity index (χ0n) is 7.16. The molecule has 13 heavy (non-hydrogen) atoms. The summed E-state index contributed by atoms with van der Waals surface area (Å²) in [7, 11) is 0. The van der Waals surface area contributed by atoms with E-state index in [9.17, 15) is 9.18 Å². The van der Waals surface area contributed by atoms with Crippen LogP contribution in [0, 0.1) is 0 Å². The van der Waals surface area contributed by atoms with E-state index in [-0.39, 0.29) is 12.5 Å². The lowest BCUT2D eigenvalue weighted by Gasteiger charge is -2.14. The Balaban J connectivity index is 2.35. The van der Waals surface area contributed by atoms with Gasteiger partial charge < -0.3 is 4.90 Å². The number of benzene rings is 1. The van der Waals surface area contributed by atoms with Gasteiger partial charge in [-0.3, -0.25) is 4.79 Å². The van der Waals surface area contributed by atoms with Crippen molar-refractivity contribution in [3.8, 4) is 0 Å². The summed E-state index contributed by atoms with van der Waals surface area (Å²) in [6.45, 7) is -0.310. The van der Waals surface area contributed by atoms with Crippen LogP contribution in [0.2, 0.25) is 0 Å². The van der Waals surface area contributed by atoms with Gasteiger partial charge in [-0.2, -0.15) is 0 Å². The van der Waals surface area contributed by atoms with Gasteiger partial charge in [-0.05, 0) is 11.6 Å². The van der Waals surface area contributed by atoms with Gasteiger partial charge in [0, 0.05) is 5.69 Å². The molecule has 2 nitrogen and oxygen atoms in total. The number of halogens is 1. The number of hydrogen-bond acceptors (Lipinski definition) is 1. The molecule has 1 heterocycles. The van der Waals surface area contributed by atoms with Crippen molar-refractivity contribution in [2.75, 3.05) is 18.1 Å². The van der Waals surface area contributed by atoms with Crippen molar-refractivity contribution in [2.24, 2.45) is 0 Å². The van der Waals surface area contributed by atoms with Gasteiger partial charge in [0.05, 0.1) is 13.0 Å². The SMILES string of the molecule is O=C1Cc2ccccc2N1CCF. The van der Waals surface area contributed by atoms with Gasteiger partial charge in [0.2, 0.25) is 5.91 Å². The van der Waals surface area contributed by atoms with Gasteiger partial charge in [0.15, 0.2) is 0 Å². The molecule has 0 aliphatic carbocycles. The highest BCUT2D eigenvalue weighted by molar-refractivity contribution is 6.01. The summed E-state index contributed by atoms with van der Waals surface area (Å²) in [5.41, 5.74) is 1.87. The van der Waals surface area contributed by atoms with E-state index < -0.39 is 6.67 Å². The van der Waals surface area contributed by atoms with Crippen LogP contribution in [-0.4, -0.2) is 19.1 Å². The third-order valence-electron chi connectivity index (χ3n) is 2.23. The molecule has 3 heteroatoms. The lowest BCUT2D eigenvalue weighted by atomic mass is 10.2.